The number of hydrogen-bond donors (Lipinski definition) is 1. The van der Waals surface area contributed by atoms with Gasteiger partial charge in [0, 0.05) is 34.8 Å². The molecule has 0 aliphatic carbocycles. The number of anilines is 1. The molecule has 100 valence electrons. The van der Waals surface area contributed by atoms with Crippen molar-refractivity contribution >= 4 is 32.5 Å². The normalized spacial score (nSPS) is 23.8. The van der Waals surface area contributed by atoms with Crippen LogP contribution < -0.4 is 4.90 Å². The van der Waals surface area contributed by atoms with Crippen molar-refractivity contribution in [1.82, 2.24) is 4.98 Å². The number of nitrogens with zero attached hydrogens (tertiary/aromatic N) is 2. The molecule has 1 aliphatic rings. The summed E-state index contributed by atoms with van der Waals surface area (Å²) in [4.78, 5) is 6.70. The molecule has 4 heteroatoms. The van der Waals surface area contributed by atoms with Crippen LogP contribution in [0, 0.1) is 5.92 Å². The highest BCUT2D eigenvalue weighted by molar-refractivity contribution is 9.10. The Morgan fingerprint density at radius 2 is 2.21 bits per heavy atom. The third kappa shape index (κ3) is 2.35. The van der Waals surface area contributed by atoms with E-state index in [1.54, 1.807) is 0 Å². The zero-order valence-corrected chi connectivity index (χ0v) is 12.5. The first-order chi connectivity index (χ1) is 9.16. The van der Waals surface area contributed by atoms with Crippen molar-refractivity contribution in [2.24, 2.45) is 5.92 Å². The van der Waals surface area contributed by atoms with Crippen LogP contribution in [0.25, 0.3) is 10.9 Å². The molecule has 19 heavy (non-hydrogen) atoms. The standard InChI is InChI=1S/C15H17BrN2O/c1-10-6-8-18(9-14(10)19)13-5-7-17-15-11(13)3-2-4-12(15)16/h2-5,7,10,14,19H,6,8-9H2,1H3. The van der Waals surface area contributed by atoms with Gasteiger partial charge in [0.25, 0.3) is 0 Å². The van der Waals surface area contributed by atoms with Gasteiger partial charge in [-0.15, -0.1) is 0 Å². The van der Waals surface area contributed by atoms with Crippen molar-refractivity contribution in [3.63, 3.8) is 0 Å². The molecular formula is C15H17BrN2O. The van der Waals surface area contributed by atoms with Crippen LogP contribution >= 0.6 is 15.9 Å². The second kappa shape index (κ2) is 5.10. The van der Waals surface area contributed by atoms with Crippen molar-refractivity contribution in [3.8, 4) is 0 Å². The van der Waals surface area contributed by atoms with Crippen molar-refractivity contribution in [2.45, 2.75) is 19.4 Å². The second-order valence-corrected chi connectivity index (χ2v) is 6.10. The average molecular weight is 321 g/mol. The molecule has 2 unspecified atom stereocenters. The molecule has 0 spiro atoms. The van der Waals surface area contributed by atoms with E-state index in [0.29, 0.717) is 12.5 Å². The molecule has 2 heterocycles. The summed E-state index contributed by atoms with van der Waals surface area (Å²) in [5, 5.41) is 11.2. The number of rotatable bonds is 1. The van der Waals surface area contributed by atoms with Crippen LogP contribution in [0.3, 0.4) is 0 Å². The van der Waals surface area contributed by atoms with Crippen LogP contribution in [0.4, 0.5) is 5.69 Å². The van der Waals surface area contributed by atoms with Crippen LogP contribution in [0.2, 0.25) is 0 Å². The summed E-state index contributed by atoms with van der Waals surface area (Å²) in [6, 6.07) is 8.16. The first-order valence-electron chi connectivity index (χ1n) is 6.63. The number of hydrogen-bond acceptors (Lipinski definition) is 3. The fourth-order valence-corrected chi connectivity index (χ4v) is 3.14. The highest BCUT2D eigenvalue weighted by Gasteiger charge is 2.25. The third-order valence-electron chi connectivity index (χ3n) is 3.96. The lowest BCUT2D eigenvalue weighted by Crippen LogP contribution is -2.43. The summed E-state index contributed by atoms with van der Waals surface area (Å²) in [6.45, 7) is 3.81. The van der Waals surface area contributed by atoms with E-state index in [1.165, 1.54) is 0 Å². The molecule has 2 aromatic rings. The Morgan fingerprint density at radius 1 is 1.37 bits per heavy atom. The molecule has 1 aliphatic heterocycles. The van der Waals surface area contributed by atoms with E-state index in [0.717, 1.165) is 34.0 Å². The average Bonchev–Trinajstić information content (AvgIpc) is 2.42. The highest BCUT2D eigenvalue weighted by atomic mass is 79.9. The number of aliphatic hydroxyl groups excluding tert-OH is 1. The predicted molar refractivity (Wildman–Crippen MR) is 81.4 cm³/mol. The van der Waals surface area contributed by atoms with Gasteiger partial charge in [-0.2, -0.15) is 0 Å². The van der Waals surface area contributed by atoms with Gasteiger partial charge in [0.1, 0.15) is 0 Å². The summed E-state index contributed by atoms with van der Waals surface area (Å²) in [5.41, 5.74) is 2.14. The van der Waals surface area contributed by atoms with Crippen LogP contribution in [-0.4, -0.2) is 29.3 Å². The predicted octanol–water partition coefficient (Wildman–Crippen LogP) is 3.20. The monoisotopic (exact) mass is 320 g/mol. The Kier molecular flexibility index (Phi) is 3.46. The quantitative estimate of drug-likeness (QED) is 0.876. The molecule has 1 N–H and O–H groups in total. The van der Waals surface area contributed by atoms with E-state index < -0.39 is 0 Å². The summed E-state index contributed by atoms with van der Waals surface area (Å²) in [6.07, 6.45) is 2.62. The van der Waals surface area contributed by atoms with E-state index in [1.807, 2.05) is 24.4 Å². The summed E-state index contributed by atoms with van der Waals surface area (Å²) >= 11 is 3.55. The smallest absolute Gasteiger partial charge is 0.0864 e. The van der Waals surface area contributed by atoms with E-state index in [4.69, 9.17) is 0 Å². The van der Waals surface area contributed by atoms with Gasteiger partial charge in [-0.3, -0.25) is 4.98 Å². The molecule has 0 amide bonds. The molecular weight excluding hydrogens is 304 g/mol. The number of aliphatic hydroxyl groups is 1. The van der Waals surface area contributed by atoms with Crippen molar-refractivity contribution in [3.05, 3.63) is 34.9 Å². The van der Waals surface area contributed by atoms with Crippen LogP contribution in [0.15, 0.2) is 34.9 Å². The fraction of sp³-hybridized carbons (Fsp3) is 0.400. The van der Waals surface area contributed by atoms with Gasteiger partial charge in [0.2, 0.25) is 0 Å². The lowest BCUT2D eigenvalue weighted by molar-refractivity contribution is 0.103. The molecule has 1 saturated heterocycles. The zero-order valence-electron chi connectivity index (χ0n) is 10.9. The lowest BCUT2D eigenvalue weighted by Gasteiger charge is -2.36. The molecule has 3 nitrogen and oxygen atoms in total. The van der Waals surface area contributed by atoms with Gasteiger partial charge in [-0.25, -0.2) is 0 Å². The minimum Gasteiger partial charge on any atom is -0.391 e. The third-order valence-corrected chi connectivity index (χ3v) is 4.60. The number of benzene rings is 1. The molecule has 2 atom stereocenters. The number of halogens is 1. The summed E-state index contributed by atoms with van der Waals surface area (Å²) in [7, 11) is 0. The number of piperidine rings is 1. The molecule has 1 fully saturated rings. The van der Waals surface area contributed by atoms with Crippen molar-refractivity contribution in [1.29, 1.82) is 0 Å². The second-order valence-electron chi connectivity index (χ2n) is 5.25. The van der Waals surface area contributed by atoms with E-state index in [-0.39, 0.29) is 6.10 Å². The van der Waals surface area contributed by atoms with Crippen LogP contribution in [0.1, 0.15) is 13.3 Å². The molecule has 3 rings (SSSR count). The number of aromatic nitrogens is 1. The molecule has 1 aromatic carbocycles. The van der Waals surface area contributed by atoms with Crippen LogP contribution in [-0.2, 0) is 0 Å². The zero-order chi connectivity index (χ0) is 13.4. The molecule has 0 saturated carbocycles. The number of β-amino-alcohol motifs (C(OH)–C–C–N with tert-alkyl or cyclic N) is 1. The number of fused-ring (bicyclic) bond motifs is 1. The maximum absolute atomic E-state index is 10.1. The van der Waals surface area contributed by atoms with Gasteiger partial charge < -0.3 is 10.0 Å². The van der Waals surface area contributed by atoms with Crippen molar-refractivity contribution in [2.75, 3.05) is 18.0 Å². The highest BCUT2D eigenvalue weighted by Crippen LogP contribution is 2.32. The maximum Gasteiger partial charge on any atom is 0.0864 e. The fourth-order valence-electron chi connectivity index (χ4n) is 2.67. The SMILES string of the molecule is CC1CCN(c2ccnc3c(Br)cccc23)CC1O. The maximum atomic E-state index is 10.1. The Morgan fingerprint density at radius 3 is 3.00 bits per heavy atom. The Labute approximate surface area is 121 Å². The lowest BCUT2D eigenvalue weighted by atomic mass is 9.95. The first kappa shape index (κ1) is 12.9. The van der Waals surface area contributed by atoms with Crippen molar-refractivity contribution < 1.29 is 5.11 Å². The molecule has 0 bridgehead atoms. The van der Waals surface area contributed by atoms with E-state index >= 15 is 0 Å². The first-order valence-corrected chi connectivity index (χ1v) is 7.42. The van der Waals surface area contributed by atoms with Crippen LogP contribution in [0.5, 0.6) is 0 Å². The Hall–Kier alpha value is -1.13. The van der Waals surface area contributed by atoms with E-state index in [2.05, 4.69) is 38.8 Å². The minimum absolute atomic E-state index is 0.246. The number of para-hydroxylation sites is 1. The van der Waals surface area contributed by atoms with Gasteiger partial charge in [0.05, 0.1) is 11.6 Å². The molecule has 1 aromatic heterocycles. The largest absolute Gasteiger partial charge is 0.391 e. The Bertz CT molecular complexity index is 602. The van der Waals surface area contributed by atoms with Gasteiger partial charge >= 0.3 is 0 Å². The van der Waals surface area contributed by atoms with Gasteiger partial charge in [-0.1, -0.05) is 19.1 Å². The number of pyridine rings is 1. The van der Waals surface area contributed by atoms with Gasteiger partial charge in [0.15, 0.2) is 0 Å². The molecule has 0 radical (unpaired) electrons. The topological polar surface area (TPSA) is 36.4 Å². The summed E-state index contributed by atoms with van der Waals surface area (Å²) < 4.78 is 1.01. The minimum atomic E-state index is -0.246. The van der Waals surface area contributed by atoms with E-state index in [9.17, 15) is 5.11 Å². The Balaban J connectivity index is 2.04. The van der Waals surface area contributed by atoms with Gasteiger partial charge in [-0.05, 0) is 40.4 Å². The summed E-state index contributed by atoms with van der Waals surface area (Å²) in [5.74, 6) is 0.385.